The number of hydrogen-bond donors (Lipinski definition) is 0. The maximum Gasteiger partial charge on any atom is 0.241 e. The molecule has 0 aliphatic heterocycles. The van der Waals surface area contributed by atoms with Gasteiger partial charge >= 0.3 is 0 Å². The van der Waals surface area contributed by atoms with Crippen molar-refractivity contribution in [2.75, 3.05) is 14.2 Å². The fraction of sp³-hybridized carbons (Fsp3) is 0.667. The van der Waals surface area contributed by atoms with Gasteiger partial charge in [-0.1, -0.05) is 0 Å². The van der Waals surface area contributed by atoms with Gasteiger partial charge in [0, 0.05) is 0 Å². The van der Waals surface area contributed by atoms with Crippen molar-refractivity contribution < 1.29 is 14.6 Å². The quantitative estimate of drug-likeness (QED) is 0.346. The highest BCUT2D eigenvalue weighted by Crippen LogP contribution is 1.64. The van der Waals surface area contributed by atoms with Gasteiger partial charge in [0.15, 0.2) is 19.1 Å². The Morgan fingerprint density at radius 2 is 1.67 bits per heavy atom. The molecular formula is C3H8NO2+. The molecule has 0 unspecified atom stereocenters. The minimum atomic E-state index is 1.00. The molecule has 0 spiro atoms. The van der Waals surface area contributed by atoms with E-state index in [0.29, 0.717) is 0 Å². The average Bonchev–Trinajstić information content (AvgIpc) is 1.65. The molecule has 0 atom stereocenters. The summed E-state index contributed by atoms with van der Waals surface area (Å²) in [6, 6.07) is 0. The van der Waals surface area contributed by atoms with Crippen LogP contribution in [0.2, 0.25) is 0 Å². The summed E-state index contributed by atoms with van der Waals surface area (Å²) in [5, 5.41) is 0. The first-order valence-electron chi connectivity index (χ1n) is 1.50. The predicted molar refractivity (Wildman–Crippen MR) is 21.4 cm³/mol. The summed E-state index contributed by atoms with van der Waals surface area (Å²) < 4.78 is 0. The van der Waals surface area contributed by atoms with Crippen molar-refractivity contribution in [3.8, 4) is 0 Å². The Hall–Kier alpha value is -0.730. The van der Waals surface area contributed by atoms with Gasteiger partial charge in [0.05, 0.1) is 0 Å². The van der Waals surface area contributed by atoms with Crippen LogP contribution in [0.25, 0.3) is 0 Å². The van der Waals surface area contributed by atoms with Crippen LogP contribution in [0, 0.1) is 0 Å². The molecule has 6 heavy (non-hydrogen) atoms. The summed E-state index contributed by atoms with van der Waals surface area (Å²) in [6.45, 7) is 3.26. The Morgan fingerprint density at radius 1 is 1.33 bits per heavy atom. The molecule has 0 aliphatic carbocycles. The van der Waals surface area contributed by atoms with Gasteiger partial charge in [-0.3, -0.25) is 0 Å². The standard InChI is InChI=1S/C3H8NO2/c1-4(5-2)6-3/h1H2,2-3H3/q+1. The SMILES string of the molecule is C=[N+](OC)OC. The van der Waals surface area contributed by atoms with Crippen LogP contribution in [-0.4, -0.2) is 25.8 Å². The molecule has 0 amide bonds. The fourth-order valence-electron chi connectivity index (χ4n) is 0.0745. The second kappa shape index (κ2) is 2.50. The van der Waals surface area contributed by atoms with Crippen LogP contribution in [0.4, 0.5) is 0 Å². The molecule has 0 saturated heterocycles. The van der Waals surface area contributed by atoms with E-state index in [-0.39, 0.29) is 0 Å². The number of nitrogens with zero attached hydrogens (tertiary/aromatic N) is 1. The maximum atomic E-state index is 4.40. The van der Waals surface area contributed by atoms with Crippen LogP contribution in [-0.2, 0) is 9.68 Å². The van der Waals surface area contributed by atoms with E-state index in [1.807, 2.05) is 0 Å². The molecule has 0 rings (SSSR count). The fourth-order valence-corrected chi connectivity index (χ4v) is 0.0745. The summed E-state index contributed by atoms with van der Waals surface area (Å²) in [4.78, 5) is 9.80. The van der Waals surface area contributed by atoms with Gasteiger partial charge in [-0.25, -0.2) is 9.68 Å². The first-order chi connectivity index (χ1) is 2.81. The van der Waals surface area contributed by atoms with E-state index < -0.39 is 0 Å². The third-order valence-electron chi connectivity index (χ3n) is 0.407. The van der Waals surface area contributed by atoms with Crippen LogP contribution in [0.5, 0.6) is 0 Å². The second-order valence-corrected chi connectivity index (χ2v) is 0.698. The van der Waals surface area contributed by atoms with Crippen LogP contribution < -0.4 is 0 Å². The third kappa shape index (κ3) is 1.58. The van der Waals surface area contributed by atoms with Crippen molar-refractivity contribution in [3.63, 3.8) is 0 Å². The molecule has 3 nitrogen and oxygen atoms in total. The minimum Gasteiger partial charge on any atom is -0.234 e. The monoisotopic (exact) mass is 90.1 g/mol. The van der Waals surface area contributed by atoms with E-state index in [9.17, 15) is 0 Å². The second-order valence-electron chi connectivity index (χ2n) is 0.698. The van der Waals surface area contributed by atoms with Crippen molar-refractivity contribution in [2.24, 2.45) is 0 Å². The van der Waals surface area contributed by atoms with E-state index >= 15 is 0 Å². The van der Waals surface area contributed by atoms with Gasteiger partial charge in [0.1, 0.15) is 0 Å². The van der Waals surface area contributed by atoms with E-state index in [1.54, 1.807) is 0 Å². The normalized spacial score (nSPS) is 7.00. The molecule has 0 aromatic carbocycles. The predicted octanol–water partition coefficient (Wildman–Crippen LogP) is -0.178. The van der Waals surface area contributed by atoms with E-state index in [1.165, 1.54) is 14.2 Å². The Bertz CT molecular complexity index is 46.8. The molecule has 0 heterocycles. The lowest BCUT2D eigenvalue weighted by Gasteiger charge is -1.85. The first kappa shape index (κ1) is 5.27. The van der Waals surface area contributed by atoms with Crippen LogP contribution >= 0.6 is 0 Å². The lowest BCUT2D eigenvalue weighted by Crippen LogP contribution is -2.03. The van der Waals surface area contributed by atoms with Gasteiger partial charge in [0.2, 0.25) is 6.72 Å². The van der Waals surface area contributed by atoms with Crippen LogP contribution in [0.1, 0.15) is 0 Å². The zero-order valence-corrected chi connectivity index (χ0v) is 3.97. The summed E-state index contributed by atoms with van der Waals surface area (Å²) in [7, 11) is 2.94. The van der Waals surface area contributed by atoms with Crippen LogP contribution in [0.3, 0.4) is 0 Å². The molecule has 0 aromatic heterocycles. The van der Waals surface area contributed by atoms with E-state index in [2.05, 4.69) is 16.4 Å². The van der Waals surface area contributed by atoms with Crippen molar-refractivity contribution >= 4 is 6.72 Å². The van der Waals surface area contributed by atoms with Gasteiger partial charge in [-0.15, -0.1) is 0 Å². The van der Waals surface area contributed by atoms with E-state index in [0.717, 1.165) is 4.90 Å². The smallest absolute Gasteiger partial charge is 0.234 e. The largest absolute Gasteiger partial charge is 0.241 e. The van der Waals surface area contributed by atoms with Crippen LogP contribution in [0.15, 0.2) is 0 Å². The van der Waals surface area contributed by atoms with E-state index in [4.69, 9.17) is 0 Å². The zero-order chi connectivity index (χ0) is 4.99. The number of rotatable bonds is 2. The Kier molecular flexibility index (Phi) is 2.20. The Balaban J connectivity index is 2.99. The van der Waals surface area contributed by atoms with Crippen molar-refractivity contribution in [1.29, 1.82) is 0 Å². The molecule has 0 aliphatic rings. The number of hydrogen-bond acceptors (Lipinski definition) is 2. The van der Waals surface area contributed by atoms with Gasteiger partial charge in [-0.2, -0.15) is 0 Å². The van der Waals surface area contributed by atoms with Gasteiger partial charge in [-0.05, 0) is 0 Å². The van der Waals surface area contributed by atoms with Crippen molar-refractivity contribution in [1.82, 2.24) is 0 Å². The average molecular weight is 90.1 g/mol. The molecule has 36 valence electrons. The molecule has 0 N–H and O–H groups in total. The summed E-state index contributed by atoms with van der Waals surface area (Å²) in [5.74, 6) is 0. The summed E-state index contributed by atoms with van der Waals surface area (Å²) >= 11 is 0. The molecule has 0 aromatic rings. The third-order valence-corrected chi connectivity index (χ3v) is 0.407. The molecule has 0 radical (unpaired) electrons. The highest BCUT2D eigenvalue weighted by Gasteiger charge is 1.85. The van der Waals surface area contributed by atoms with Gasteiger partial charge in [0.25, 0.3) is 0 Å². The molecule has 3 heteroatoms. The molecule has 0 saturated carbocycles. The zero-order valence-electron chi connectivity index (χ0n) is 3.97. The first-order valence-corrected chi connectivity index (χ1v) is 1.50. The molecule has 0 fully saturated rings. The van der Waals surface area contributed by atoms with Gasteiger partial charge < -0.3 is 0 Å². The van der Waals surface area contributed by atoms with Crippen molar-refractivity contribution in [3.05, 3.63) is 0 Å². The topological polar surface area (TPSA) is 21.5 Å². The highest BCUT2D eigenvalue weighted by atomic mass is 16.9. The lowest BCUT2D eigenvalue weighted by molar-refractivity contribution is -0.953. The molecule has 0 bridgehead atoms. The minimum absolute atomic E-state index is 1.00. The molecular weight excluding hydrogens is 82.0 g/mol. The Morgan fingerprint density at radius 3 is 1.67 bits per heavy atom. The maximum absolute atomic E-state index is 4.40. The van der Waals surface area contributed by atoms with Crippen molar-refractivity contribution in [2.45, 2.75) is 0 Å². The summed E-state index contributed by atoms with van der Waals surface area (Å²) in [5.41, 5.74) is 0. The Labute approximate surface area is 36.7 Å². The lowest BCUT2D eigenvalue weighted by atomic mass is 11.6. The highest BCUT2D eigenvalue weighted by molar-refractivity contribution is 5.12. The summed E-state index contributed by atoms with van der Waals surface area (Å²) in [6.07, 6.45) is 0.